The summed E-state index contributed by atoms with van der Waals surface area (Å²) in [5.41, 5.74) is 1.25. The predicted octanol–water partition coefficient (Wildman–Crippen LogP) is 2.90. The van der Waals surface area contributed by atoms with Gasteiger partial charge in [-0.05, 0) is 26.0 Å². The number of hydrogen-bond donors (Lipinski definition) is 0. The second-order valence-corrected chi connectivity index (χ2v) is 7.05. The Balaban J connectivity index is 3.08. The number of aryl methyl sites for hydroxylation is 1. The molecule has 0 N–H and O–H groups in total. The molecule has 0 atom stereocenters. The van der Waals surface area contributed by atoms with E-state index in [0.717, 1.165) is 6.04 Å². The lowest BCUT2D eigenvalue weighted by molar-refractivity contribution is 0.198. The van der Waals surface area contributed by atoms with Gasteiger partial charge in [-0.15, -0.1) is 6.58 Å². The van der Waals surface area contributed by atoms with Crippen LogP contribution in [0.15, 0.2) is 36.9 Å². The van der Waals surface area contributed by atoms with E-state index in [0.29, 0.717) is 13.2 Å². The Bertz CT molecular complexity index is 340. The molecule has 17 heavy (non-hydrogen) atoms. The van der Waals surface area contributed by atoms with Crippen molar-refractivity contribution in [3.8, 4) is 0 Å². The first-order valence-electron chi connectivity index (χ1n) is 6.14. The fourth-order valence-electron chi connectivity index (χ4n) is 1.91. The zero-order valence-corrected chi connectivity index (χ0v) is 12.0. The van der Waals surface area contributed by atoms with Crippen LogP contribution in [0.3, 0.4) is 0 Å². The molecule has 0 unspecified atom stereocenters. The average Bonchev–Trinajstić information content (AvgIpc) is 2.30. The van der Waals surface area contributed by atoms with Crippen molar-refractivity contribution < 1.29 is 8.85 Å². The molecule has 94 valence electrons. The molecule has 0 bridgehead atoms. The first-order valence-corrected chi connectivity index (χ1v) is 8.16. The molecule has 0 saturated carbocycles. The minimum absolute atomic E-state index is 0.675. The minimum Gasteiger partial charge on any atom is -0.391 e. The quantitative estimate of drug-likeness (QED) is 0.547. The van der Waals surface area contributed by atoms with Crippen LogP contribution in [0.1, 0.15) is 19.4 Å². The monoisotopic (exact) mass is 250 g/mol. The molecule has 3 heteroatoms. The standard InChI is InChI=1S/C14H22O2Si/c1-5-12-17(15-6-2,16-7-3)14-10-8-13(4)9-11-14/h5,8-11H,1,6-7,12H2,2-4H3. The highest BCUT2D eigenvalue weighted by molar-refractivity contribution is 6.81. The normalized spacial score (nSPS) is 11.5. The van der Waals surface area contributed by atoms with Gasteiger partial charge in [0.25, 0.3) is 0 Å². The zero-order chi connectivity index (χ0) is 12.7. The van der Waals surface area contributed by atoms with Gasteiger partial charge in [-0.1, -0.05) is 35.9 Å². The van der Waals surface area contributed by atoms with Crippen LogP contribution in [0, 0.1) is 6.92 Å². The molecule has 0 saturated heterocycles. The van der Waals surface area contributed by atoms with Gasteiger partial charge in [0.2, 0.25) is 0 Å². The summed E-state index contributed by atoms with van der Waals surface area (Å²) in [6.45, 7) is 11.3. The van der Waals surface area contributed by atoms with Crippen LogP contribution in [0.25, 0.3) is 0 Å². The van der Waals surface area contributed by atoms with Crippen LogP contribution in [-0.2, 0) is 8.85 Å². The Morgan fingerprint density at radius 1 is 1.12 bits per heavy atom. The maximum atomic E-state index is 5.98. The Hall–Kier alpha value is -0.903. The third-order valence-corrected chi connectivity index (χ3v) is 6.21. The van der Waals surface area contributed by atoms with Gasteiger partial charge in [0.05, 0.1) is 0 Å². The Kier molecular flexibility index (Phi) is 5.61. The summed E-state index contributed by atoms with van der Waals surface area (Å²) < 4.78 is 12.0. The second kappa shape index (κ2) is 6.74. The van der Waals surface area contributed by atoms with Gasteiger partial charge in [0.15, 0.2) is 0 Å². The third kappa shape index (κ3) is 3.53. The van der Waals surface area contributed by atoms with Crippen molar-refractivity contribution in [3.63, 3.8) is 0 Å². The van der Waals surface area contributed by atoms with E-state index in [1.165, 1.54) is 10.8 Å². The van der Waals surface area contributed by atoms with Crippen molar-refractivity contribution in [2.45, 2.75) is 26.8 Å². The molecule has 0 aliphatic heterocycles. The van der Waals surface area contributed by atoms with Crippen LogP contribution in [0.5, 0.6) is 0 Å². The van der Waals surface area contributed by atoms with E-state index >= 15 is 0 Å². The van der Waals surface area contributed by atoms with E-state index in [2.05, 4.69) is 37.8 Å². The van der Waals surface area contributed by atoms with Gasteiger partial charge in [0, 0.05) is 19.3 Å². The summed E-state index contributed by atoms with van der Waals surface area (Å²) in [4.78, 5) is 0. The highest BCUT2D eigenvalue weighted by Gasteiger charge is 2.38. The maximum Gasteiger partial charge on any atom is 0.376 e. The second-order valence-electron chi connectivity index (χ2n) is 3.98. The van der Waals surface area contributed by atoms with Gasteiger partial charge in [0.1, 0.15) is 0 Å². The van der Waals surface area contributed by atoms with E-state index in [9.17, 15) is 0 Å². The highest BCUT2D eigenvalue weighted by atomic mass is 28.4. The van der Waals surface area contributed by atoms with Gasteiger partial charge in [-0.25, -0.2) is 0 Å². The van der Waals surface area contributed by atoms with Gasteiger partial charge < -0.3 is 8.85 Å². The topological polar surface area (TPSA) is 18.5 Å². The van der Waals surface area contributed by atoms with Crippen molar-refractivity contribution in [1.82, 2.24) is 0 Å². The smallest absolute Gasteiger partial charge is 0.376 e. The van der Waals surface area contributed by atoms with E-state index in [-0.39, 0.29) is 0 Å². The molecular formula is C14H22O2Si. The van der Waals surface area contributed by atoms with Gasteiger partial charge >= 0.3 is 8.56 Å². The lowest BCUT2D eigenvalue weighted by Gasteiger charge is -2.29. The molecule has 1 rings (SSSR count). The van der Waals surface area contributed by atoms with E-state index in [1.54, 1.807) is 0 Å². The summed E-state index contributed by atoms with van der Waals surface area (Å²) in [7, 11) is -2.31. The highest BCUT2D eigenvalue weighted by Crippen LogP contribution is 2.15. The predicted molar refractivity (Wildman–Crippen MR) is 74.8 cm³/mol. The van der Waals surface area contributed by atoms with Crippen LogP contribution in [0.2, 0.25) is 6.04 Å². The summed E-state index contributed by atoms with van der Waals surface area (Å²) in [6, 6.07) is 9.25. The zero-order valence-electron chi connectivity index (χ0n) is 11.0. The van der Waals surface area contributed by atoms with Crippen molar-refractivity contribution in [1.29, 1.82) is 0 Å². The summed E-state index contributed by atoms with van der Waals surface area (Å²) in [6.07, 6.45) is 1.90. The van der Waals surface area contributed by atoms with Crippen LogP contribution in [-0.4, -0.2) is 21.8 Å². The minimum atomic E-state index is -2.31. The van der Waals surface area contributed by atoms with Crippen molar-refractivity contribution in [2.75, 3.05) is 13.2 Å². The Labute approximate surface area is 106 Å². The van der Waals surface area contributed by atoms with E-state index in [4.69, 9.17) is 8.85 Å². The van der Waals surface area contributed by atoms with Crippen LogP contribution >= 0.6 is 0 Å². The maximum absolute atomic E-state index is 5.98. The van der Waals surface area contributed by atoms with Gasteiger partial charge in [-0.3, -0.25) is 0 Å². The SMILES string of the molecule is C=CC[Si](OCC)(OCC)c1ccc(C)cc1. The van der Waals surface area contributed by atoms with Crippen LogP contribution < -0.4 is 5.19 Å². The molecule has 0 radical (unpaired) electrons. The molecule has 0 heterocycles. The molecule has 0 aliphatic carbocycles. The Morgan fingerprint density at radius 2 is 1.65 bits per heavy atom. The summed E-state index contributed by atoms with van der Waals surface area (Å²) in [5.74, 6) is 0. The molecule has 1 aromatic rings. The van der Waals surface area contributed by atoms with Crippen molar-refractivity contribution in [3.05, 3.63) is 42.5 Å². The van der Waals surface area contributed by atoms with Gasteiger partial charge in [-0.2, -0.15) is 0 Å². The van der Waals surface area contributed by atoms with Crippen molar-refractivity contribution in [2.24, 2.45) is 0 Å². The summed E-state index contributed by atoms with van der Waals surface area (Å²) >= 11 is 0. The molecule has 0 aliphatic rings. The lowest BCUT2D eigenvalue weighted by atomic mass is 10.2. The fraction of sp³-hybridized carbons (Fsp3) is 0.429. The first-order chi connectivity index (χ1) is 8.18. The van der Waals surface area contributed by atoms with Crippen LogP contribution in [0.4, 0.5) is 0 Å². The first kappa shape index (κ1) is 14.2. The molecule has 0 aromatic heterocycles. The Morgan fingerprint density at radius 3 is 2.06 bits per heavy atom. The van der Waals surface area contributed by atoms with E-state index < -0.39 is 8.56 Å². The lowest BCUT2D eigenvalue weighted by Crippen LogP contribution is -2.53. The van der Waals surface area contributed by atoms with E-state index in [1.807, 2.05) is 19.9 Å². The largest absolute Gasteiger partial charge is 0.391 e. The third-order valence-electron chi connectivity index (χ3n) is 2.66. The molecule has 2 nitrogen and oxygen atoms in total. The number of rotatable bonds is 7. The number of benzene rings is 1. The van der Waals surface area contributed by atoms with Crippen molar-refractivity contribution >= 4 is 13.7 Å². The fourth-order valence-corrected chi connectivity index (χ4v) is 4.78. The molecule has 0 spiro atoms. The molecular weight excluding hydrogens is 228 g/mol. The number of hydrogen-bond acceptors (Lipinski definition) is 2. The molecule has 1 aromatic carbocycles. The molecule has 0 amide bonds. The average molecular weight is 250 g/mol. The summed E-state index contributed by atoms with van der Waals surface area (Å²) in [5, 5.41) is 1.19. The molecule has 0 fully saturated rings. The number of allylic oxidation sites excluding steroid dienone is 1.